The van der Waals surface area contributed by atoms with Crippen molar-refractivity contribution in [2.45, 2.75) is 13.0 Å². The second kappa shape index (κ2) is 5.03. The van der Waals surface area contributed by atoms with Crippen LogP contribution in [0.3, 0.4) is 0 Å². The van der Waals surface area contributed by atoms with Gasteiger partial charge in [-0.2, -0.15) is 5.26 Å². The van der Waals surface area contributed by atoms with Gasteiger partial charge in [0.25, 0.3) is 0 Å². The number of ether oxygens (including phenoxy) is 2. The predicted molar refractivity (Wildman–Crippen MR) is 55.1 cm³/mol. The van der Waals surface area contributed by atoms with E-state index in [4.69, 9.17) is 14.7 Å². The number of nitriles is 1. The molecule has 0 amide bonds. The van der Waals surface area contributed by atoms with Crippen molar-refractivity contribution in [3.63, 3.8) is 0 Å². The van der Waals surface area contributed by atoms with Crippen LogP contribution >= 0.6 is 0 Å². The summed E-state index contributed by atoms with van der Waals surface area (Å²) in [6, 6.07) is 5.95. The van der Waals surface area contributed by atoms with Crippen molar-refractivity contribution >= 4 is 5.97 Å². The zero-order chi connectivity index (χ0) is 12.1. The lowest BCUT2D eigenvalue weighted by Crippen LogP contribution is -2.13. The first-order chi connectivity index (χ1) is 7.58. The van der Waals surface area contributed by atoms with Crippen LogP contribution in [0.15, 0.2) is 18.2 Å². The molecule has 0 spiro atoms. The number of benzene rings is 1. The molecular weight excluding hydrogens is 210 g/mol. The lowest BCUT2D eigenvalue weighted by molar-refractivity contribution is 0.0432. The normalized spacial score (nSPS) is 11.3. The van der Waals surface area contributed by atoms with Gasteiger partial charge in [0.05, 0.1) is 7.11 Å². The van der Waals surface area contributed by atoms with E-state index in [0.29, 0.717) is 5.75 Å². The minimum absolute atomic E-state index is 0.00269. The number of hydrogen-bond acceptors (Lipinski definition) is 5. The molecule has 1 unspecified atom stereocenters. The molecule has 0 saturated heterocycles. The third-order valence-electron chi connectivity index (χ3n) is 1.89. The second-order valence-corrected chi connectivity index (χ2v) is 3.06. The first kappa shape index (κ1) is 11.9. The highest BCUT2D eigenvalue weighted by molar-refractivity contribution is 5.92. The van der Waals surface area contributed by atoms with Crippen LogP contribution in [-0.4, -0.2) is 24.3 Å². The summed E-state index contributed by atoms with van der Waals surface area (Å²) in [6.45, 7) is 1.44. The summed E-state index contributed by atoms with van der Waals surface area (Å²) in [7, 11) is 1.45. The summed E-state index contributed by atoms with van der Waals surface area (Å²) < 4.78 is 9.61. The predicted octanol–water partition coefficient (Wildman–Crippen LogP) is 1.47. The number of esters is 1. The molecule has 1 rings (SSSR count). The molecule has 0 saturated carbocycles. The lowest BCUT2D eigenvalue weighted by atomic mass is 10.2. The highest BCUT2D eigenvalue weighted by Crippen LogP contribution is 2.24. The molecule has 0 radical (unpaired) electrons. The van der Waals surface area contributed by atoms with Crippen molar-refractivity contribution in [2.24, 2.45) is 0 Å². The minimum atomic E-state index is -0.853. The smallest absolute Gasteiger partial charge is 0.343 e. The average Bonchev–Trinajstić information content (AvgIpc) is 2.28. The number of hydrogen-bond donors (Lipinski definition) is 1. The van der Waals surface area contributed by atoms with Gasteiger partial charge in [-0.05, 0) is 19.1 Å². The molecule has 5 nitrogen and oxygen atoms in total. The number of nitrogens with zero attached hydrogens (tertiary/aromatic N) is 1. The van der Waals surface area contributed by atoms with Gasteiger partial charge in [-0.15, -0.1) is 0 Å². The fraction of sp³-hybridized carbons (Fsp3) is 0.273. The Labute approximate surface area is 92.8 Å². The van der Waals surface area contributed by atoms with Gasteiger partial charge >= 0.3 is 5.97 Å². The van der Waals surface area contributed by atoms with E-state index < -0.39 is 12.1 Å². The number of aromatic hydroxyl groups is 1. The molecule has 0 bridgehead atoms. The number of carbonyl (C=O) groups excluding carboxylic acids is 1. The summed E-state index contributed by atoms with van der Waals surface area (Å²) in [4.78, 5) is 11.5. The number of methoxy groups -OCH3 is 1. The zero-order valence-electron chi connectivity index (χ0n) is 8.93. The first-order valence-electron chi connectivity index (χ1n) is 4.56. The highest BCUT2D eigenvalue weighted by Gasteiger charge is 2.15. The number of rotatable bonds is 3. The van der Waals surface area contributed by atoms with Gasteiger partial charge in [0.1, 0.15) is 23.1 Å². The molecule has 0 aliphatic heterocycles. The van der Waals surface area contributed by atoms with Crippen molar-refractivity contribution in [1.29, 1.82) is 5.26 Å². The Morgan fingerprint density at radius 1 is 1.56 bits per heavy atom. The maximum absolute atomic E-state index is 11.5. The van der Waals surface area contributed by atoms with E-state index in [-0.39, 0.29) is 11.3 Å². The molecule has 0 aliphatic rings. The maximum Gasteiger partial charge on any atom is 0.343 e. The maximum atomic E-state index is 11.5. The van der Waals surface area contributed by atoms with E-state index in [0.717, 1.165) is 0 Å². The van der Waals surface area contributed by atoms with E-state index in [1.807, 2.05) is 0 Å². The molecule has 84 valence electrons. The Kier molecular flexibility index (Phi) is 3.72. The van der Waals surface area contributed by atoms with Gasteiger partial charge in [0.15, 0.2) is 6.10 Å². The van der Waals surface area contributed by atoms with Crippen LogP contribution in [0.25, 0.3) is 0 Å². The summed E-state index contributed by atoms with van der Waals surface area (Å²) in [6.07, 6.45) is -0.853. The van der Waals surface area contributed by atoms with Crippen molar-refractivity contribution in [3.05, 3.63) is 23.8 Å². The van der Waals surface area contributed by atoms with Crippen LogP contribution in [0.2, 0.25) is 0 Å². The van der Waals surface area contributed by atoms with Crippen LogP contribution in [-0.2, 0) is 4.74 Å². The first-order valence-corrected chi connectivity index (χ1v) is 4.56. The average molecular weight is 221 g/mol. The van der Waals surface area contributed by atoms with Crippen molar-refractivity contribution < 1.29 is 19.4 Å². The number of phenols is 1. The Morgan fingerprint density at radius 2 is 2.25 bits per heavy atom. The van der Waals surface area contributed by atoms with Crippen LogP contribution in [0.4, 0.5) is 0 Å². The highest BCUT2D eigenvalue weighted by atomic mass is 16.5. The zero-order valence-corrected chi connectivity index (χ0v) is 8.93. The van der Waals surface area contributed by atoms with Gasteiger partial charge in [-0.1, -0.05) is 0 Å². The van der Waals surface area contributed by atoms with Crippen LogP contribution < -0.4 is 4.74 Å². The molecular formula is C11H11NO4. The second-order valence-electron chi connectivity index (χ2n) is 3.06. The number of carbonyl (C=O) groups is 1. The van der Waals surface area contributed by atoms with E-state index in [9.17, 15) is 9.90 Å². The molecule has 0 aromatic heterocycles. The standard InChI is InChI=1S/C11H11NO4/c1-7(6-12)16-11(14)9-4-3-8(15-2)5-10(9)13/h3-5,7,13H,1-2H3. The summed E-state index contributed by atoms with van der Waals surface area (Å²) in [5.74, 6) is -0.550. The SMILES string of the molecule is COc1ccc(C(=O)OC(C)C#N)c(O)c1. The number of phenolic OH excluding ortho intramolecular Hbond substituents is 1. The van der Waals surface area contributed by atoms with E-state index in [1.54, 1.807) is 6.07 Å². The van der Waals surface area contributed by atoms with Crippen LogP contribution in [0.1, 0.15) is 17.3 Å². The Balaban J connectivity index is 2.89. The molecule has 0 heterocycles. The van der Waals surface area contributed by atoms with Gasteiger partial charge in [0.2, 0.25) is 0 Å². The largest absolute Gasteiger partial charge is 0.507 e. The summed E-state index contributed by atoms with van der Waals surface area (Å²) in [5.41, 5.74) is 0.00269. The Hall–Kier alpha value is -2.22. The molecule has 1 aromatic rings. The quantitative estimate of drug-likeness (QED) is 0.782. The van der Waals surface area contributed by atoms with Gasteiger partial charge < -0.3 is 14.6 Å². The molecule has 5 heteroatoms. The molecule has 16 heavy (non-hydrogen) atoms. The molecule has 1 aromatic carbocycles. The molecule has 0 aliphatic carbocycles. The summed E-state index contributed by atoms with van der Waals surface area (Å²) in [5, 5.41) is 18.0. The Bertz CT molecular complexity index is 436. The van der Waals surface area contributed by atoms with Gasteiger partial charge in [-0.3, -0.25) is 0 Å². The van der Waals surface area contributed by atoms with Crippen LogP contribution in [0.5, 0.6) is 11.5 Å². The van der Waals surface area contributed by atoms with Crippen LogP contribution in [0, 0.1) is 11.3 Å². The Morgan fingerprint density at radius 3 is 2.75 bits per heavy atom. The lowest BCUT2D eigenvalue weighted by Gasteiger charge is -2.08. The van der Waals surface area contributed by atoms with E-state index in [2.05, 4.69) is 0 Å². The molecule has 1 N–H and O–H groups in total. The van der Waals surface area contributed by atoms with Gasteiger partial charge in [0, 0.05) is 6.07 Å². The van der Waals surface area contributed by atoms with Crippen molar-refractivity contribution in [1.82, 2.24) is 0 Å². The fourth-order valence-electron chi connectivity index (χ4n) is 1.06. The third kappa shape index (κ3) is 2.64. The summed E-state index contributed by atoms with van der Waals surface area (Å²) >= 11 is 0. The minimum Gasteiger partial charge on any atom is -0.507 e. The molecule has 1 atom stereocenters. The van der Waals surface area contributed by atoms with Gasteiger partial charge in [-0.25, -0.2) is 4.79 Å². The third-order valence-corrected chi connectivity index (χ3v) is 1.89. The monoisotopic (exact) mass is 221 g/mol. The van der Waals surface area contributed by atoms with E-state index >= 15 is 0 Å². The van der Waals surface area contributed by atoms with E-state index in [1.165, 1.54) is 32.2 Å². The topological polar surface area (TPSA) is 79.5 Å². The molecule has 0 fully saturated rings. The van der Waals surface area contributed by atoms with Crippen molar-refractivity contribution in [2.75, 3.05) is 7.11 Å². The van der Waals surface area contributed by atoms with Crippen molar-refractivity contribution in [3.8, 4) is 17.6 Å². The fourth-order valence-corrected chi connectivity index (χ4v) is 1.06.